The van der Waals surface area contributed by atoms with E-state index in [0.29, 0.717) is 35.2 Å². The summed E-state index contributed by atoms with van der Waals surface area (Å²) in [6.07, 6.45) is -0.269. The summed E-state index contributed by atoms with van der Waals surface area (Å²) >= 11 is 6.22. The van der Waals surface area contributed by atoms with Gasteiger partial charge >= 0.3 is 12.0 Å². The first-order valence-electron chi connectivity index (χ1n) is 8.02. The number of aromatic nitrogens is 1. The van der Waals surface area contributed by atoms with Crippen molar-refractivity contribution in [3.05, 3.63) is 28.4 Å². The molecule has 1 aliphatic rings. The minimum absolute atomic E-state index is 0.0711. The Labute approximate surface area is 150 Å². The van der Waals surface area contributed by atoms with Crippen molar-refractivity contribution in [3.63, 3.8) is 0 Å². The molecular weight excluding hydrogens is 346 g/mol. The number of amides is 1. The number of piperazine rings is 1. The van der Waals surface area contributed by atoms with E-state index < -0.39 is 5.97 Å². The number of carbonyl (C=O) groups excluding carboxylic acids is 1. The molecule has 2 aromatic rings. The topological polar surface area (TPSA) is 86.0 Å². The van der Waals surface area contributed by atoms with Gasteiger partial charge in [0.05, 0.1) is 17.0 Å². The van der Waals surface area contributed by atoms with Crippen LogP contribution in [-0.2, 0) is 11.2 Å². The van der Waals surface area contributed by atoms with Gasteiger partial charge in [-0.05, 0) is 31.7 Å². The highest BCUT2D eigenvalue weighted by molar-refractivity contribution is 6.37. The van der Waals surface area contributed by atoms with E-state index in [1.165, 1.54) is 10.6 Å². The summed E-state index contributed by atoms with van der Waals surface area (Å²) in [6.45, 7) is 4.49. The molecule has 1 amide bonds. The number of benzene rings is 1. The average molecular weight is 366 g/mol. The van der Waals surface area contributed by atoms with Gasteiger partial charge in [-0.1, -0.05) is 11.6 Å². The largest absolute Gasteiger partial charge is 0.506 e. The Bertz CT molecular complexity index is 853. The van der Waals surface area contributed by atoms with E-state index in [1.54, 1.807) is 17.9 Å². The summed E-state index contributed by atoms with van der Waals surface area (Å²) < 4.78 is 1.50. The number of fused-ring (bicyclic) bond motifs is 1. The molecule has 0 spiro atoms. The van der Waals surface area contributed by atoms with Crippen molar-refractivity contribution in [3.8, 4) is 5.75 Å². The number of carbonyl (C=O) groups is 2. The van der Waals surface area contributed by atoms with E-state index in [4.69, 9.17) is 11.6 Å². The fourth-order valence-corrected chi connectivity index (χ4v) is 3.55. The highest BCUT2D eigenvalue weighted by atomic mass is 35.5. The van der Waals surface area contributed by atoms with Crippen molar-refractivity contribution < 1.29 is 19.8 Å². The minimum atomic E-state index is -1.02. The molecule has 1 aromatic heterocycles. The van der Waals surface area contributed by atoms with Gasteiger partial charge in [0.15, 0.2) is 0 Å². The third kappa shape index (κ3) is 3.05. The van der Waals surface area contributed by atoms with Crippen LogP contribution in [0.1, 0.15) is 11.3 Å². The van der Waals surface area contributed by atoms with Gasteiger partial charge in [0.2, 0.25) is 0 Å². The SMILES string of the molecule is Cc1c(CC(=O)O)c2c(Cl)c(O)ccc2n1C(=O)N1CCN(C)CC1. The van der Waals surface area contributed by atoms with Gasteiger partial charge in [0.25, 0.3) is 0 Å². The molecule has 1 saturated heterocycles. The van der Waals surface area contributed by atoms with Gasteiger partial charge in [-0.15, -0.1) is 0 Å². The van der Waals surface area contributed by atoms with E-state index in [1.807, 2.05) is 7.05 Å². The van der Waals surface area contributed by atoms with Crippen LogP contribution in [0.25, 0.3) is 10.9 Å². The Balaban J connectivity index is 2.15. The van der Waals surface area contributed by atoms with Crippen LogP contribution in [-0.4, -0.2) is 69.8 Å². The fourth-order valence-electron chi connectivity index (χ4n) is 3.28. The Kier molecular flexibility index (Phi) is 4.62. The second-order valence-electron chi connectivity index (χ2n) is 6.34. The molecule has 25 heavy (non-hydrogen) atoms. The normalized spacial score (nSPS) is 15.7. The van der Waals surface area contributed by atoms with Gasteiger partial charge in [0.1, 0.15) is 5.75 Å². The molecule has 2 N–H and O–H groups in total. The van der Waals surface area contributed by atoms with Crippen LogP contribution in [0.2, 0.25) is 5.02 Å². The summed E-state index contributed by atoms with van der Waals surface area (Å²) in [5.74, 6) is -1.15. The van der Waals surface area contributed by atoms with E-state index in [2.05, 4.69) is 4.90 Å². The Morgan fingerprint density at radius 3 is 2.44 bits per heavy atom. The molecule has 0 unspecified atom stereocenters. The van der Waals surface area contributed by atoms with Gasteiger partial charge < -0.3 is 20.0 Å². The summed E-state index contributed by atoms with van der Waals surface area (Å²) in [7, 11) is 2.01. The zero-order valence-corrected chi connectivity index (χ0v) is 14.9. The van der Waals surface area contributed by atoms with Crippen LogP contribution in [0, 0.1) is 6.92 Å². The van der Waals surface area contributed by atoms with Crippen LogP contribution in [0.4, 0.5) is 4.79 Å². The number of hydrogen-bond acceptors (Lipinski definition) is 4. The summed E-state index contributed by atoms with van der Waals surface area (Å²) in [6, 6.07) is 2.82. The number of phenols is 1. The zero-order chi connectivity index (χ0) is 18.3. The molecule has 1 aliphatic heterocycles. The smallest absolute Gasteiger partial charge is 0.328 e. The molecule has 1 aromatic carbocycles. The highest BCUT2D eigenvalue weighted by Gasteiger charge is 2.27. The summed E-state index contributed by atoms with van der Waals surface area (Å²) in [5, 5.41) is 19.6. The number of likely N-dealkylation sites (N-methyl/N-ethyl adjacent to an activating group) is 1. The number of aliphatic carboxylic acids is 1. The minimum Gasteiger partial charge on any atom is -0.506 e. The summed E-state index contributed by atoms with van der Waals surface area (Å²) in [5.41, 5.74) is 1.50. The van der Waals surface area contributed by atoms with Crippen LogP contribution < -0.4 is 0 Å². The average Bonchev–Trinajstić information content (AvgIpc) is 2.83. The number of nitrogens with zero attached hydrogens (tertiary/aromatic N) is 3. The number of phenolic OH excluding ortho intramolecular Hbond substituents is 1. The lowest BCUT2D eigenvalue weighted by molar-refractivity contribution is -0.136. The molecule has 134 valence electrons. The first-order valence-corrected chi connectivity index (χ1v) is 8.40. The second kappa shape index (κ2) is 6.57. The first-order chi connectivity index (χ1) is 11.8. The molecule has 0 atom stereocenters. The van der Waals surface area contributed by atoms with Crippen molar-refractivity contribution in [1.82, 2.24) is 14.4 Å². The lowest BCUT2D eigenvalue weighted by atomic mass is 10.1. The van der Waals surface area contributed by atoms with E-state index in [-0.39, 0.29) is 23.2 Å². The molecule has 0 saturated carbocycles. The van der Waals surface area contributed by atoms with E-state index >= 15 is 0 Å². The lowest BCUT2D eigenvalue weighted by Crippen LogP contribution is -2.48. The quantitative estimate of drug-likeness (QED) is 0.851. The van der Waals surface area contributed by atoms with Gasteiger partial charge in [-0.2, -0.15) is 0 Å². The van der Waals surface area contributed by atoms with E-state index in [9.17, 15) is 19.8 Å². The standard InChI is InChI=1S/C17H20ClN3O4/c1-10-11(9-14(23)24)15-12(3-4-13(22)16(15)18)21(10)17(25)20-7-5-19(2)6-8-20/h3-4,22H,5-9H2,1-2H3,(H,23,24). The first kappa shape index (κ1) is 17.6. The van der Waals surface area contributed by atoms with Crippen molar-refractivity contribution in [2.24, 2.45) is 0 Å². The lowest BCUT2D eigenvalue weighted by Gasteiger charge is -2.32. The Morgan fingerprint density at radius 1 is 1.20 bits per heavy atom. The Hall–Kier alpha value is -2.25. The van der Waals surface area contributed by atoms with Gasteiger partial charge in [-0.3, -0.25) is 9.36 Å². The molecule has 0 radical (unpaired) electrons. The number of carboxylic acids is 1. The van der Waals surface area contributed by atoms with Crippen LogP contribution in [0.3, 0.4) is 0 Å². The third-order valence-corrected chi connectivity index (χ3v) is 5.09. The predicted molar refractivity (Wildman–Crippen MR) is 94.6 cm³/mol. The predicted octanol–water partition coefficient (Wildman–Crippen LogP) is 2.15. The number of carboxylic acid groups (broad SMARTS) is 1. The molecule has 0 aliphatic carbocycles. The number of rotatable bonds is 2. The van der Waals surface area contributed by atoms with Gasteiger partial charge in [0, 0.05) is 37.3 Å². The molecule has 0 bridgehead atoms. The summed E-state index contributed by atoms with van der Waals surface area (Å²) in [4.78, 5) is 28.2. The fraction of sp³-hybridized carbons (Fsp3) is 0.412. The highest BCUT2D eigenvalue weighted by Crippen LogP contribution is 2.37. The molecule has 3 rings (SSSR count). The van der Waals surface area contributed by atoms with E-state index in [0.717, 1.165) is 13.1 Å². The maximum atomic E-state index is 13.1. The number of halogens is 1. The van der Waals surface area contributed by atoms with Gasteiger partial charge in [-0.25, -0.2) is 4.79 Å². The second-order valence-corrected chi connectivity index (χ2v) is 6.71. The molecular formula is C17H20ClN3O4. The molecule has 2 heterocycles. The van der Waals surface area contributed by atoms with Crippen LogP contribution in [0.5, 0.6) is 5.75 Å². The van der Waals surface area contributed by atoms with Crippen molar-refractivity contribution in [1.29, 1.82) is 0 Å². The van der Waals surface area contributed by atoms with Crippen LogP contribution in [0.15, 0.2) is 12.1 Å². The molecule has 8 heteroatoms. The zero-order valence-electron chi connectivity index (χ0n) is 14.1. The number of hydrogen-bond donors (Lipinski definition) is 2. The monoisotopic (exact) mass is 365 g/mol. The van der Waals surface area contributed by atoms with Crippen molar-refractivity contribution in [2.75, 3.05) is 33.2 Å². The molecule has 1 fully saturated rings. The molecule has 7 nitrogen and oxygen atoms in total. The Morgan fingerprint density at radius 2 is 1.84 bits per heavy atom. The van der Waals surface area contributed by atoms with Crippen LogP contribution >= 0.6 is 11.6 Å². The van der Waals surface area contributed by atoms with Crippen molar-refractivity contribution >= 4 is 34.5 Å². The maximum Gasteiger partial charge on any atom is 0.328 e. The van der Waals surface area contributed by atoms with Crippen molar-refractivity contribution in [2.45, 2.75) is 13.3 Å². The third-order valence-electron chi connectivity index (χ3n) is 4.71. The number of aromatic hydroxyl groups is 1. The maximum absolute atomic E-state index is 13.1.